The first kappa shape index (κ1) is 16.5. The SMILES string of the molecule is CCOC(=O)C=Cc1ccccc1N1CCN(C(=O)O)CC1=O. The third-order valence-corrected chi connectivity index (χ3v) is 3.40. The first-order valence-corrected chi connectivity index (χ1v) is 7.25. The van der Waals surface area contributed by atoms with E-state index in [-0.39, 0.29) is 25.5 Å². The Balaban J connectivity index is 2.19. The van der Waals surface area contributed by atoms with Gasteiger partial charge in [-0.15, -0.1) is 0 Å². The molecule has 1 aliphatic rings. The topological polar surface area (TPSA) is 87.2 Å². The zero-order chi connectivity index (χ0) is 16.8. The maximum Gasteiger partial charge on any atom is 0.407 e. The first-order valence-electron chi connectivity index (χ1n) is 7.25. The van der Waals surface area contributed by atoms with Gasteiger partial charge in [0.2, 0.25) is 5.91 Å². The summed E-state index contributed by atoms with van der Waals surface area (Å²) in [4.78, 5) is 37.2. The number of para-hydroxylation sites is 1. The molecule has 0 aromatic heterocycles. The lowest BCUT2D eigenvalue weighted by Gasteiger charge is -2.33. The second-order valence-corrected chi connectivity index (χ2v) is 4.89. The zero-order valence-corrected chi connectivity index (χ0v) is 12.8. The van der Waals surface area contributed by atoms with Crippen molar-refractivity contribution >= 4 is 29.7 Å². The van der Waals surface area contributed by atoms with E-state index in [1.807, 2.05) is 0 Å². The molecule has 122 valence electrons. The number of carboxylic acid groups (broad SMARTS) is 1. The molecule has 2 amide bonds. The van der Waals surface area contributed by atoms with Gasteiger partial charge in [-0.05, 0) is 24.6 Å². The molecule has 1 saturated heterocycles. The number of anilines is 1. The molecule has 0 bridgehead atoms. The summed E-state index contributed by atoms with van der Waals surface area (Å²) < 4.78 is 4.83. The molecule has 0 atom stereocenters. The highest BCUT2D eigenvalue weighted by Gasteiger charge is 2.28. The third kappa shape index (κ3) is 4.09. The van der Waals surface area contributed by atoms with Crippen molar-refractivity contribution in [1.29, 1.82) is 0 Å². The minimum absolute atomic E-state index is 0.175. The predicted molar refractivity (Wildman–Crippen MR) is 84.1 cm³/mol. The van der Waals surface area contributed by atoms with Crippen LogP contribution in [0.4, 0.5) is 10.5 Å². The van der Waals surface area contributed by atoms with Gasteiger partial charge < -0.3 is 14.7 Å². The molecular weight excluding hydrogens is 300 g/mol. The maximum atomic E-state index is 12.2. The van der Waals surface area contributed by atoms with Crippen molar-refractivity contribution in [2.45, 2.75) is 6.92 Å². The van der Waals surface area contributed by atoms with Crippen LogP contribution >= 0.6 is 0 Å². The number of carbonyl (C=O) groups is 3. The average molecular weight is 318 g/mol. The highest BCUT2D eigenvalue weighted by Crippen LogP contribution is 2.23. The standard InChI is InChI=1S/C16H18N2O5/c1-2-23-15(20)8-7-12-5-3-4-6-13(12)18-10-9-17(16(21)22)11-14(18)19/h3-8H,2,9-11H2,1H3,(H,21,22). The summed E-state index contributed by atoms with van der Waals surface area (Å²) >= 11 is 0. The molecule has 2 rings (SSSR count). The Kier molecular flexibility index (Phi) is 5.35. The van der Waals surface area contributed by atoms with Gasteiger partial charge in [-0.25, -0.2) is 9.59 Å². The molecule has 0 spiro atoms. The third-order valence-electron chi connectivity index (χ3n) is 3.40. The summed E-state index contributed by atoms with van der Waals surface area (Å²) in [6, 6.07) is 7.13. The second-order valence-electron chi connectivity index (χ2n) is 4.89. The molecule has 7 nitrogen and oxygen atoms in total. The normalized spacial score (nSPS) is 15.1. The van der Waals surface area contributed by atoms with Gasteiger partial charge >= 0.3 is 12.1 Å². The predicted octanol–water partition coefficient (Wildman–Crippen LogP) is 1.59. The van der Waals surface area contributed by atoms with E-state index in [1.54, 1.807) is 37.3 Å². The number of piperazine rings is 1. The van der Waals surface area contributed by atoms with Crippen LogP contribution in [-0.2, 0) is 14.3 Å². The molecule has 1 heterocycles. The summed E-state index contributed by atoms with van der Waals surface area (Å²) in [6.45, 7) is 2.36. The highest BCUT2D eigenvalue weighted by atomic mass is 16.5. The fourth-order valence-electron chi connectivity index (χ4n) is 2.31. The number of carbonyl (C=O) groups excluding carboxylic acids is 2. The Hall–Kier alpha value is -2.83. The van der Waals surface area contributed by atoms with Crippen molar-refractivity contribution in [3.63, 3.8) is 0 Å². The number of rotatable bonds is 4. The van der Waals surface area contributed by atoms with Crippen LogP contribution in [0.25, 0.3) is 6.08 Å². The van der Waals surface area contributed by atoms with Gasteiger partial charge in [-0.1, -0.05) is 18.2 Å². The number of benzene rings is 1. The lowest BCUT2D eigenvalue weighted by atomic mass is 10.1. The van der Waals surface area contributed by atoms with Crippen molar-refractivity contribution in [1.82, 2.24) is 4.90 Å². The van der Waals surface area contributed by atoms with Gasteiger partial charge in [0, 0.05) is 19.2 Å². The second kappa shape index (κ2) is 7.44. The molecule has 0 radical (unpaired) electrons. The van der Waals surface area contributed by atoms with E-state index in [0.717, 1.165) is 4.90 Å². The molecule has 0 unspecified atom stereocenters. The van der Waals surface area contributed by atoms with Crippen molar-refractivity contribution in [2.24, 2.45) is 0 Å². The Bertz CT molecular complexity index is 641. The van der Waals surface area contributed by atoms with Crippen LogP contribution in [0.3, 0.4) is 0 Å². The molecule has 1 N–H and O–H groups in total. The Morgan fingerprint density at radius 3 is 2.70 bits per heavy atom. The lowest BCUT2D eigenvalue weighted by Crippen LogP contribution is -2.52. The van der Waals surface area contributed by atoms with Crippen LogP contribution < -0.4 is 4.90 Å². The van der Waals surface area contributed by atoms with E-state index >= 15 is 0 Å². The minimum atomic E-state index is -1.10. The van der Waals surface area contributed by atoms with E-state index in [4.69, 9.17) is 9.84 Å². The molecule has 1 fully saturated rings. The van der Waals surface area contributed by atoms with Crippen LogP contribution in [-0.4, -0.2) is 54.2 Å². The number of amides is 2. The van der Waals surface area contributed by atoms with Crippen molar-refractivity contribution < 1.29 is 24.2 Å². The number of hydrogen-bond acceptors (Lipinski definition) is 4. The molecule has 7 heteroatoms. The maximum absolute atomic E-state index is 12.2. The molecule has 0 saturated carbocycles. The van der Waals surface area contributed by atoms with Gasteiger partial charge in [-0.2, -0.15) is 0 Å². The Morgan fingerprint density at radius 2 is 2.04 bits per heavy atom. The minimum Gasteiger partial charge on any atom is -0.465 e. The van der Waals surface area contributed by atoms with Gasteiger partial charge in [0.25, 0.3) is 0 Å². The van der Waals surface area contributed by atoms with Crippen molar-refractivity contribution in [3.05, 3.63) is 35.9 Å². The van der Waals surface area contributed by atoms with E-state index in [0.29, 0.717) is 17.9 Å². The number of nitrogens with zero attached hydrogens (tertiary/aromatic N) is 2. The zero-order valence-electron chi connectivity index (χ0n) is 12.8. The summed E-state index contributed by atoms with van der Waals surface area (Å²) in [5, 5.41) is 8.96. The largest absolute Gasteiger partial charge is 0.465 e. The molecule has 0 aliphatic carbocycles. The van der Waals surface area contributed by atoms with Crippen LogP contribution in [0.5, 0.6) is 0 Å². The summed E-state index contributed by atoms with van der Waals surface area (Å²) in [5.74, 6) is -0.750. The summed E-state index contributed by atoms with van der Waals surface area (Å²) in [7, 11) is 0. The Labute approximate surface area is 133 Å². The number of esters is 1. The van der Waals surface area contributed by atoms with Crippen LogP contribution in [0.15, 0.2) is 30.3 Å². The number of ether oxygens (including phenoxy) is 1. The van der Waals surface area contributed by atoms with E-state index in [2.05, 4.69) is 0 Å². The molecule has 1 aromatic rings. The quantitative estimate of drug-likeness (QED) is 0.673. The van der Waals surface area contributed by atoms with Gasteiger partial charge in [0.1, 0.15) is 6.54 Å². The van der Waals surface area contributed by atoms with Crippen LogP contribution in [0, 0.1) is 0 Å². The van der Waals surface area contributed by atoms with Gasteiger partial charge in [-0.3, -0.25) is 9.69 Å². The summed E-state index contributed by atoms with van der Waals surface area (Å²) in [6.07, 6.45) is 1.79. The molecule has 23 heavy (non-hydrogen) atoms. The van der Waals surface area contributed by atoms with E-state index < -0.39 is 12.1 Å². The molecular formula is C16H18N2O5. The van der Waals surface area contributed by atoms with E-state index in [1.165, 1.54) is 11.0 Å². The fourth-order valence-corrected chi connectivity index (χ4v) is 2.31. The fraction of sp³-hybridized carbons (Fsp3) is 0.312. The Morgan fingerprint density at radius 1 is 1.30 bits per heavy atom. The van der Waals surface area contributed by atoms with E-state index in [9.17, 15) is 14.4 Å². The molecule has 1 aliphatic heterocycles. The average Bonchev–Trinajstić information content (AvgIpc) is 2.53. The van der Waals surface area contributed by atoms with Gasteiger partial charge in [0.15, 0.2) is 0 Å². The molecule has 1 aromatic carbocycles. The van der Waals surface area contributed by atoms with Crippen molar-refractivity contribution in [2.75, 3.05) is 31.1 Å². The van der Waals surface area contributed by atoms with Crippen molar-refractivity contribution in [3.8, 4) is 0 Å². The first-order chi connectivity index (χ1) is 11.0. The summed E-state index contributed by atoms with van der Waals surface area (Å²) in [5.41, 5.74) is 1.33. The monoisotopic (exact) mass is 318 g/mol. The lowest BCUT2D eigenvalue weighted by molar-refractivity contribution is -0.137. The highest BCUT2D eigenvalue weighted by molar-refractivity contribution is 5.99. The van der Waals surface area contributed by atoms with Gasteiger partial charge in [0.05, 0.1) is 12.3 Å². The smallest absolute Gasteiger partial charge is 0.407 e. The van der Waals surface area contributed by atoms with Crippen LogP contribution in [0.1, 0.15) is 12.5 Å². The number of hydrogen-bond donors (Lipinski definition) is 1. The van der Waals surface area contributed by atoms with Crippen LogP contribution in [0.2, 0.25) is 0 Å².